The summed E-state index contributed by atoms with van der Waals surface area (Å²) in [5.74, 6) is -0.880. The molecule has 0 aliphatic heterocycles. The molecule has 7 nitrogen and oxygen atoms in total. The van der Waals surface area contributed by atoms with Crippen LogP contribution in [0, 0.1) is 12.7 Å². The molecule has 4 aromatic heterocycles. The van der Waals surface area contributed by atoms with Crippen LogP contribution in [0.4, 0.5) is 4.39 Å². The predicted octanol–water partition coefficient (Wildman–Crippen LogP) is 3.18. The molecule has 0 atom stereocenters. The molecule has 5 aromatic rings. The molecule has 3 N–H and O–H groups in total. The van der Waals surface area contributed by atoms with Crippen molar-refractivity contribution in [2.75, 3.05) is 6.54 Å². The molecule has 0 unspecified atom stereocenters. The van der Waals surface area contributed by atoms with Gasteiger partial charge in [-0.15, -0.1) is 0 Å². The second-order valence-corrected chi connectivity index (χ2v) is 7.82. The SMILES string of the molecule is Cc1[nH]ncc1-c1ccc2ncc(-c3ccc(C(=O)[NH2+]CCc4ccccn4)c(F)c3)n2c1. The zero-order valence-electron chi connectivity index (χ0n) is 18.0. The predicted molar refractivity (Wildman–Crippen MR) is 122 cm³/mol. The summed E-state index contributed by atoms with van der Waals surface area (Å²) in [5.41, 5.74) is 6.02. The Morgan fingerprint density at radius 1 is 1.09 bits per heavy atom. The monoisotopic (exact) mass is 441 g/mol. The van der Waals surface area contributed by atoms with Crippen LogP contribution in [0.25, 0.3) is 28.0 Å². The molecule has 0 fully saturated rings. The van der Waals surface area contributed by atoms with E-state index in [0.29, 0.717) is 18.5 Å². The number of aromatic amines is 1. The molecular weight excluding hydrogens is 419 g/mol. The van der Waals surface area contributed by atoms with Gasteiger partial charge in [-0.2, -0.15) is 5.10 Å². The maximum atomic E-state index is 14.9. The van der Waals surface area contributed by atoms with Crippen LogP contribution < -0.4 is 5.32 Å². The van der Waals surface area contributed by atoms with Crippen molar-refractivity contribution in [2.24, 2.45) is 0 Å². The second kappa shape index (κ2) is 8.76. The van der Waals surface area contributed by atoms with Crippen LogP contribution in [-0.4, -0.2) is 37.0 Å². The fourth-order valence-electron chi connectivity index (χ4n) is 3.88. The molecule has 0 radical (unpaired) electrons. The molecule has 5 rings (SSSR count). The number of rotatable bonds is 6. The van der Waals surface area contributed by atoms with E-state index in [0.717, 1.165) is 33.9 Å². The minimum atomic E-state index is -0.552. The normalized spacial score (nSPS) is 11.2. The van der Waals surface area contributed by atoms with Gasteiger partial charge in [-0.25, -0.2) is 14.2 Å². The second-order valence-electron chi connectivity index (χ2n) is 7.82. The average Bonchev–Trinajstić information content (AvgIpc) is 3.45. The van der Waals surface area contributed by atoms with E-state index in [4.69, 9.17) is 0 Å². The fourth-order valence-corrected chi connectivity index (χ4v) is 3.88. The van der Waals surface area contributed by atoms with Gasteiger partial charge in [0.15, 0.2) is 0 Å². The quantitative estimate of drug-likeness (QED) is 0.423. The molecule has 0 aliphatic carbocycles. The lowest BCUT2D eigenvalue weighted by molar-refractivity contribution is -0.554. The van der Waals surface area contributed by atoms with Gasteiger partial charge in [0.05, 0.1) is 24.6 Å². The number of H-pyrrole nitrogens is 1. The van der Waals surface area contributed by atoms with Crippen LogP contribution >= 0.6 is 0 Å². The van der Waals surface area contributed by atoms with E-state index in [2.05, 4.69) is 20.2 Å². The number of halogens is 1. The highest BCUT2D eigenvalue weighted by atomic mass is 19.1. The number of hydrogen-bond donors (Lipinski definition) is 2. The lowest BCUT2D eigenvalue weighted by Gasteiger charge is -2.07. The van der Waals surface area contributed by atoms with Crippen molar-refractivity contribution in [1.29, 1.82) is 0 Å². The summed E-state index contributed by atoms with van der Waals surface area (Å²) in [6.45, 7) is 2.46. The number of aryl methyl sites for hydroxylation is 1. The van der Waals surface area contributed by atoms with Crippen molar-refractivity contribution in [3.63, 3.8) is 0 Å². The zero-order valence-corrected chi connectivity index (χ0v) is 18.0. The number of nitrogens with two attached hydrogens (primary N) is 1. The van der Waals surface area contributed by atoms with Crippen LogP contribution in [0.15, 0.2) is 73.3 Å². The van der Waals surface area contributed by atoms with Crippen molar-refractivity contribution < 1.29 is 14.5 Å². The minimum absolute atomic E-state index is 0.0586. The van der Waals surface area contributed by atoms with E-state index in [1.54, 1.807) is 24.7 Å². The van der Waals surface area contributed by atoms with Gasteiger partial charge in [-0.1, -0.05) is 12.1 Å². The highest BCUT2D eigenvalue weighted by molar-refractivity contribution is 5.87. The first kappa shape index (κ1) is 20.7. The van der Waals surface area contributed by atoms with Crippen molar-refractivity contribution in [3.05, 3.63) is 96.1 Å². The van der Waals surface area contributed by atoms with E-state index in [1.807, 2.05) is 47.9 Å². The lowest BCUT2D eigenvalue weighted by Crippen LogP contribution is -2.88. The standard InChI is InChI=1S/C25H21FN6O/c1-16-21(13-30-31-16)18-6-8-24-29-14-23(32(24)15-18)17-5-7-20(22(26)12-17)25(33)28-11-9-19-4-2-3-10-27-19/h2-8,10,12-15H,9,11H2,1H3,(H,28,33)(H,30,31)/p+1. The summed E-state index contributed by atoms with van der Waals surface area (Å²) in [7, 11) is 0. The van der Waals surface area contributed by atoms with E-state index in [9.17, 15) is 9.18 Å². The van der Waals surface area contributed by atoms with Crippen molar-refractivity contribution in [1.82, 2.24) is 24.6 Å². The third-order valence-corrected chi connectivity index (χ3v) is 5.63. The highest BCUT2D eigenvalue weighted by Gasteiger charge is 2.18. The topological polar surface area (TPSA) is 92.5 Å². The van der Waals surface area contributed by atoms with Gasteiger partial charge in [0.1, 0.15) is 17.0 Å². The molecule has 0 saturated carbocycles. The molecule has 0 bridgehead atoms. The molecule has 33 heavy (non-hydrogen) atoms. The van der Waals surface area contributed by atoms with E-state index in [1.165, 1.54) is 17.4 Å². The molecule has 0 aliphatic rings. The molecule has 4 heterocycles. The maximum Gasteiger partial charge on any atom is 0.345 e. The first-order chi connectivity index (χ1) is 16.1. The number of benzene rings is 1. The van der Waals surface area contributed by atoms with Crippen LogP contribution in [0.5, 0.6) is 0 Å². The number of amides is 1. The van der Waals surface area contributed by atoms with Gasteiger partial charge >= 0.3 is 5.91 Å². The summed E-state index contributed by atoms with van der Waals surface area (Å²) < 4.78 is 16.8. The molecule has 0 spiro atoms. The van der Waals surface area contributed by atoms with E-state index >= 15 is 0 Å². The van der Waals surface area contributed by atoms with Crippen molar-refractivity contribution in [3.8, 4) is 22.4 Å². The average molecular weight is 441 g/mol. The minimum Gasteiger partial charge on any atom is -0.299 e. The number of nitrogens with one attached hydrogen (secondary N) is 1. The van der Waals surface area contributed by atoms with Crippen LogP contribution in [0.1, 0.15) is 21.7 Å². The smallest absolute Gasteiger partial charge is 0.299 e. The highest BCUT2D eigenvalue weighted by Crippen LogP contribution is 2.27. The number of pyridine rings is 2. The van der Waals surface area contributed by atoms with Crippen LogP contribution in [0.3, 0.4) is 0 Å². The number of quaternary nitrogens is 1. The number of hydrogen-bond acceptors (Lipinski definition) is 4. The van der Waals surface area contributed by atoms with Gasteiger partial charge in [0.2, 0.25) is 0 Å². The number of carbonyl (C=O) groups excluding carboxylic acids is 1. The third kappa shape index (κ3) is 4.16. The Bertz CT molecular complexity index is 1440. The third-order valence-electron chi connectivity index (χ3n) is 5.63. The Hall–Kier alpha value is -4.17. The van der Waals surface area contributed by atoms with E-state index in [-0.39, 0.29) is 11.5 Å². The zero-order chi connectivity index (χ0) is 22.8. The van der Waals surface area contributed by atoms with Gasteiger partial charge in [-0.3, -0.25) is 19.8 Å². The molecular formula is C25H22FN6O+. The van der Waals surface area contributed by atoms with Gasteiger partial charge in [-0.05, 0) is 43.3 Å². The largest absolute Gasteiger partial charge is 0.345 e. The summed E-state index contributed by atoms with van der Waals surface area (Å²) in [4.78, 5) is 21.2. The first-order valence-corrected chi connectivity index (χ1v) is 10.6. The Balaban J connectivity index is 1.37. The number of fused-ring (bicyclic) bond motifs is 1. The van der Waals surface area contributed by atoms with E-state index < -0.39 is 5.82 Å². The fraction of sp³-hybridized carbons (Fsp3) is 0.120. The molecule has 1 aromatic carbocycles. The number of aromatic nitrogens is 5. The summed E-state index contributed by atoms with van der Waals surface area (Å²) in [6, 6.07) is 14.2. The van der Waals surface area contributed by atoms with Crippen molar-refractivity contribution >= 4 is 11.6 Å². The van der Waals surface area contributed by atoms with Crippen molar-refractivity contribution in [2.45, 2.75) is 13.3 Å². The van der Waals surface area contributed by atoms with Gasteiger partial charge < -0.3 is 0 Å². The number of imidazole rings is 1. The summed E-state index contributed by atoms with van der Waals surface area (Å²) in [5, 5.41) is 8.54. The van der Waals surface area contributed by atoms with Gasteiger partial charge in [0, 0.05) is 46.9 Å². The summed E-state index contributed by atoms with van der Waals surface area (Å²) in [6.07, 6.45) is 7.79. The number of primary amides is 1. The summed E-state index contributed by atoms with van der Waals surface area (Å²) >= 11 is 0. The molecule has 8 heteroatoms. The van der Waals surface area contributed by atoms with Crippen LogP contribution in [-0.2, 0) is 6.42 Å². The van der Waals surface area contributed by atoms with Crippen LogP contribution in [0.2, 0.25) is 0 Å². The molecule has 1 amide bonds. The number of nitrogens with zero attached hydrogens (tertiary/aromatic N) is 4. The Morgan fingerprint density at radius 3 is 2.73 bits per heavy atom. The number of carbonyl (C=O) groups is 1. The Kier molecular flexibility index (Phi) is 5.50. The first-order valence-electron chi connectivity index (χ1n) is 10.6. The molecule has 164 valence electrons. The molecule has 0 saturated heterocycles. The Labute approximate surface area is 189 Å². The van der Waals surface area contributed by atoms with Gasteiger partial charge in [0.25, 0.3) is 0 Å². The lowest BCUT2D eigenvalue weighted by atomic mass is 10.1. The maximum absolute atomic E-state index is 14.9. The Morgan fingerprint density at radius 2 is 1.97 bits per heavy atom.